The molecule has 3 aromatic rings. The summed E-state index contributed by atoms with van der Waals surface area (Å²) in [5.74, 6) is -1.69. The maximum Gasteiger partial charge on any atom is 0.186 e. The highest BCUT2D eigenvalue weighted by Crippen LogP contribution is 2.33. The SMILES string of the molecule is CCCC=CCc1ccc(-c2ccc(-c3ccc(C4OCC(CCCCCCCCC)CO4)c(F)c3)cc2)c(F)c1F. The van der Waals surface area contributed by atoms with Gasteiger partial charge in [-0.25, -0.2) is 13.2 Å². The van der Waals surface area contributed by atoms with E-state index in [0.29, 0.717) is 47.8 Å². The fourth-order valence-corrected chi connectivity index (χ4v) is 5.48. The molecule has 42 heavy (non-hydrogen) atoms. The Balaban J connectivity index is 1.32. The highest BCUT2D eigenvalue weighted by molar-refractivity contribution is 5.71. The van der Waals surface area contributed by atoms with Gasteiger partial charge in [0.2, 0.25) is 0 Å². The number of unbranched alkanes of at least 4 members (excludes halogenated alkanes) is 7. The normalized spacial score (nSPS) is 17.3. The van der Waals surface area contributed by atoms with Gasteiger partial charge in [0.1, 0.15) is 5.82 Å². The topological polar surface area (TPSA) is 18.5 Å². The van der Waals surface area contributed by atoms with Crippen molar-refractivity contribution >= 4 is 0 Å². The molecule has 3 aromatic carbocycles. The van der Waals surface area contributed by atoms with Crippen LogP contribution >= 0.6 is 0 Å². The third-order valence-corrected chi connectivity index (χ3v) is 8.09. The lowest BCUT2D eigenvalue weighted by Gasteiger charge is -2.30. The van der Waals surface area contributed by atoms with Crippen LogP contribution in [0.1, 0.15) is 95.5 Å². The van der Waals surface area contributed by atoms with E-state index in [2.05, 4.69) is 13.8 Å². The van der Waals surface area contributed by atoms with E-state index in [4.69, 9.17) is 9.47 Å². The fourth-order valence-electron chi connectivity index (χ4n) is 5.48. The minimum atomic E-state index is -0.850. The summed E-state index contributed by atoms with van der Waals surface area (Å²) >= 11 is 0. The summed E-state index contributed by atoms with van der Waals surface area (Å²) < 4.78 is 56.6. The van der Waals surface area contributed by atoms with E-state index in [9.17, 15) is 8.78 Å². The highest BCUT2D eigenvalue weighted by Gasteiger charge is 2.25. The number of benzene rings is 3. The molecule has 0 amide bonds. The zero-order valence-corrected chi connectivity index (χ0v) is 25.1. The number of rotatable bonds is 15. The molecule has 0 atom stereocenters. The van der Waals surface area contributed by atoms with Gasteiger partial charge in [-0.1, -0.05) is 126 Å². The van der Waals surface area contributed by atoms with Crippen molar-refractivity contribution in [3.63, 3.8) is 0 Å². The van der Waals surface area contributed by atoms with Crippen LogP contribution in [0.5, 0.6) is 0 Å². The monoisotopic (exact) mass is 578 g/mol. The van der Waals surface area contributed by atoms with Crippen LogP contribution in [0.25, 0.3) is 22.3 Å². The molecule has 1 heterocycles. The summed E-state index contributed by atoms with van der Waals surface area (Å²) in [6.07, 6.45) is 15.5. The molecule has 1 saturated heterocycles. The summed E-state index contributed by atoms with van der Waals surface area (Å²) in [4.78, 5) is 0. The van der Waals surface area contributed by atoms with Gasteiger partial charge < -0.3 is 9.47 Å². The molecule has 0 radical (unpaired) electrons. The molecule has 0 aliphatic carbocycles. The molecule has 0 spiro atoms. The first-order valence-electron chi connectivity index (χ1n) is 15.8. The molecule has 1 aliphatic rings. The predicted octanol–water partition coefficient (Wildman–Crippen LogP) is 11.1. The second-order valence-electron chi connectivity index (χ2n) is 11.5. The van der Waals surface area contributed by atoms with Crippen molar-refractivity contribution in [2.75, 3.05) is 13.2 Å². The van der Waals surface area contributed by atoms with Crippen LogP contribution in [0.15, 0.2) is 66.7 Å². The first-order chi connectivity index (χ1) is 20.5. The van der Waals surface area contributed by atoms with E-state index in [1.165, 1.54) is 51.0 Å². The average molecular weight is 579 g/mol. The Morgan fingerprint density at radius 3 is 2.05 bits per heavy atom. The van der Waals surface area contributed by atoms with E-state index in [0.717, 1.165) is 24.8 Å². The number of allylic oxidation sites excluding steroid dienone is 2. The lowest BCUT2D eigenvalue weighted by atomic mass is 9.97. The van der Waals surface area contributed by atoms with Crippen LogP contribution in [0, 0.1) is 23.4 Å². The van der Waals surface area contributed by atoms with Crippen molar-refractivity contribution in [2.24, 2.45) is 5.92 Å². The molecule has 0 aromatic heterocycles. The largest absolute Gasteiger partial charge is 0.348 e. The van der Waals surface area contributed by atoms with Crippen molar-refractivity contribution in [1.82, 2.24) is 0 Å². The van der Waals surface area contributed by atoms with Crippen molar-refractivity contribution in [1.29, 1.82) is 0 Å². The van der Waals surface area contributed by atoms with Crippen LogP contribution in [0.3, 0.4) is 0 Å². The Bertz CT molecular complexity index is 1280. The van der Waals surface area contributed by atoms with Crippen molar-refractivity contribution in [3.05, 3.63) is 95.3 Å². The van der Waals surface area contributed by atoms with Crippen molar-refractivity contribution in [3.8, 4) is 22.3 Å². The van der Waals surface area contributed by atoms with Crippen LogP contribution in [0.4, 0.5) is 13.2 Å². The van der Waals surface area contributed by atoms with Crippen molar-refractivity contribution < 1.29 is 22.6 Å². The zero-order valence-electron chi connectivity index (χ0n) is 25.1. The second kappa shape index (κ2) is 16.7. The smallest absolute Gasteiger partial charge is 0.186 e. The van der Waals surface area contributed by atoms with Gasteiger partial charge >= 0.3 is 0 Å². The summed E-state index contributed by atoms with van der Waals surface area (Å²) in [7, 11) is 0. The average Bonchev–Trinajstić information content (AvgIpc) is 3.01. The van der Waals surface area contributed by atoms with Gasteiger partial charge in [-0.3, -0.25) is 0 Å². The van der Waals surface area contributed by atoms with Gasteiger partial charge in [-0.05, 0) is 47.6 Å². The second-order valence-corrected chi connectivity index (χ2v) is 11.5. The van der Waals surface area contributed by atoms with E-state index in [1.807, 2.05) is 18.2 Å². The molecule has 0 bridgehead atoms. The van der Waals surface area contributed by atoms with Crippen LogP contribution < -0.4 is 0 Å². The zero-order chi connectivity index (χ0) is 29.7. The molecule has 0 N–H and O–H groups in total. The Morgan fingerprint density at radius 1 is 0.690 bits per heavy atom. The molecule has 0 unspecified atom stereocenters. The van der Waals surface area contributed by atoms with Gasteiger partial charge in [-0.15, -0.1) is 0 Å². The van der Waals surface area contributed by atoms with Gasteiger partial charge in [0.05, 0.1) is 13.2 Å². The predicted molar refractivity (Wildman–Crippen MR) is 166 cm³/mol. The maximum absolute atomic E-state index is 15.1. The Morgan fingerprint density at radius 2 is 1.36 bits per heavy atom. The van der Waals surface area contributed by atoms with E-state index >= 15 is 4.39 Å². The number of hydrogen-bond acceptors (Lipinski definition) is 2. The highest BCUT2D eigenvalue weighted by atomic mass is 19.2. The van der Waals surface area contributed by atoms with Crippen LogP contribution in [0.2, 0.25) is 0 Å². The van der Waals surface area contributed by atoms with E-state index < -0.39 is 17.9 Å². The Kier molecular flexibility index (Phi) is 12.7. The first-order valence-corrected chi connectivity index (χ1v) is 15.8. The number of ether oxygens (including phenoxy) is 2. The molecule has 226 valence electrons. The molecule has 0 saturated carbocycles. The maximum atomic E-state index is 15.1. The van der Waals surface area contributed by atoms with Gasteiger partial charge in [0.15, 0.2) is 17.9 Å². The summed E-state index contributed by atoms with van der Waals surface area (Å²) in [5.41, 5.74) is 2.98. The molecular formula is C37H45F3O2. The molecular weight excluding hydrogens is 533 g/mol. The molecule has 5 heteroatoms. The summed E-state index contributed by atoms with van der Waals surface area (Å²) in [6.45, 7) is 5.47. The number of hydrogen-bond donors (Lipinski definition) is 0. The lowest BCUT2D eigenvalue weighted by Crippen LogP contribution is -2.27. The third-order valence-electron chi connectivity index (χ3n) is 8.09. The third kappa shape index (κ3) is 8.81. The van der Waals surface area contributed by atoms with Gasteiger partial charge in [0, 0.05) is 17.0 Å². The summed E-state index contributed by atoms with van der Waals surface area (Å²) in [6, 6.07) is 15.3. The minimum absolute atomic E-state index is 0.207. The Labute approximate surface area is 250 Å². The molecule has 2 nitrogen and oxygen atoms in total. The first kappa shape index (κ1) is 32.0. The van der Waals surface area contributed by atoms with E-state index in [1.54, 1.807) is 42.5 Å². The van der Waals surface area contributed by atoms with Gasteiger partial charge in [-0.2, -0.15) is 0 Å². The molecule has 1 fully saturated rings. The molecule has 4 rings (SSSR count). The lowest BCUT2D eigenvalue weighted by molar-refractivity contribution is -0.207. The van der Waals surface area contributed by atoms with Gasteiger partial charge in [0.25, 0.3) is 0 Å². The quantitative estimate of drug-likeness (QED) is 0.132. The number of halogens is 3. The standard InChI is InChI=1S/C37H45F3O2/c1-3-5-7-9-10-11-12-14-27-25-41-37(42-26-27)33-23-21-31(24-34(33)38)28-16-18-29(19-17-28)32-22-20-30(35(39)36(32)40)15-13-8-6-4-2/h8,13,16-24,27,37H,3-7,9-12,14-15,25-26H2,1-2H3. The van der Waals surface area contributed by atoms with Crippen LogP contribution in [-0.2, 0) is 15.9 Å². The summed E-state index contributed by atoms with van der Waals surface area (Å²) in [5, 5.41) is 0. The van der Waals surface area contributed by atoms with Crippen molar-refractivity contribution in [2.45, 2.75) is 90.8 Å². The van der Waals surface area contributed by atoms with Crippen LogP contribution in [-0.4, -0.2) is 13.2 Å². The minimum Gasteiger partial charge on any atom is -0.348 e. The Hall–Kier alpha value is -2.89. The fraction of sp³-hybridized carbons (Fsp3) is 0.459. The molecule has 1 aliphatic heterocycles. The van der Waals surface area contributed by atoms with E-state index in [-0.39, 0.29) is 11.4 Å².